The highest BCUT2D eigenvalue weighted by Crippen LogP contribution is 2.19. The molecule has 302 valence electrons. The van der Waals surface area contributed by atoms with Crippen molar-refractivity contribution in [2.24, 2.45) is 0 Å². The van der Waals surface area contributed by atoms with Gasteiger partial charge in [0.05, 0.1) is 13.2 Å². The number of aliphatic hydroxyl groups is 3. The molecular weight excluding hydrogens is 648 g/mol. The molecule has 51 heavy (non-hydrogen) atoms. The van der Waals surface area contributed by atoms with Crippen LogP contribution in [0.25, 0.3) is 0 Å². The van der Waals surface area contributed by atoms with E-state index in [4.69, 9.17) is 18.9 Å². The summed E-state index contributed by atoms with van der Waals surface area (Å²) >= 11 is 0. The molecule has 3 N–H and O–H groups in total. The van der Waals surface area contributed by atoms with Crippen LogP contribution in [0.3, 0.4) is 0 Å². The highest BCUT2D eigenvalue weighted by atomic mass is 16.7. The topological polar surface area (TPSA) is 132 Å². The minimum absolute atomic E-state index is 0.157. The van der Waals surface area contributed by atoms with Crippen LogP contribution in [-0.4, -0.2) is 77.8 Å². The zero-order valence-corrected chi connectivity index (χ0v) is 33.0. The number of carbonyl (C=O) groups is 2. The Kier molecular flexibility index (Phi) is 32.3. The first-order chi connectivity index (χ1) is 24.9. The van der Waals surface area contributed by atoms with E-state index in [0.717, 1.165) is 38.5 Å². The average molecular weight is 729 g/mol. The highest BCUT2D eigenvalue weighted by molar-refractivity contribution is 5.70. The number of hydrogen-bond acceptors (Lipinski definition) is 9. The molecule has 9 nitrogen and oxygen atoms in total. The first kappa shape index (κ1) is 47.8. The molecule has 0 amide bonds. The Bertz CT molecular complexity index is 794. The maximum atomic E-state index is 12.7. The molecule has 0 spiro atoms. The Balaban J connectivity index is 2.24. The summed E-state index contributed by atoms with van der Waals surface area (Å²) in [5, 5.41) is 29.9. The van der Waals surface area contributed by atoms with E-state index in [1.165, 1.54) is 141 Å². The van der Waals surface area contributed by atoms with Gasteiger partial charge >= 0.3 is 11.9 Å². The van der Waals surface area contributed by atoms with E-state index in [-0.39, 0.29) is 38.2 Å². The Morgan fingerprint density at radius 3 is 1.31 bits per heavy atom. The molecule has 1 heterocycles. The molecule has 0 radical (unpaired) electrons. The van der Waals surface area contributed by atoms with Gasteiger partial charge in [-0.15, -0.1) is 0 Å². The van der Waals surface area contributed by atoms with E-state index in [1.807, 2.05) is 0 Å². The number of carbonyl (C=O) groups excluding carboxylic acids is 2. The minimum atomic E-state index is -1.46. The summed E-state index contributed by atoms with van der Waals surface area (Å²) < 4.78 is 22.0. The molecule has 0 unspecified atom stereocenters. The third-order valence-corrected chi connectivity index (χ3v) is 10.1. The summed E-state index contributed by atoms with van der Waals surface area (Å²) in [6, 6.07) is 0. The van der Waals surface area contributed by atoms with E-state index in [1.54, 1.807) is 0 Å². The van der Waals surface area contributed by atoms with E-state index in [2.05, 4.69) is 13.8 Å². The van der Waals surface area contributed by atoms with Crippen molar-refractivity contribution < 1.29 is 43.9 Å². The van der Waals surface area contributed by atoms with Gasteiger partial charge < -0.3 is 34.3 Å². The Morgan fingerprint density at radius 2 is 0.902 bits per heavy atom. The van der Waals surface area contributed by atoms with Gasteiger partial charge in [-0.2, -0.15) is 0 Å². The molecule has 5 atom stereocenters. The van der Waals surface area contributed by atoms with Gasteiger partial charge in [0.25, 0.3) is 0 Å². The molecule has 9 heteroatoms. The molecule has 0 aromatic heterocycles. The monoisotopic (exact) mass is 729 g/mol. The molecule has 1 aliphatic rings. The molecule has 1 aliphatic heterocycles. The van der Waals surface area contributed by atoms with Crippen molar-refractivity contribution in [2.45, 2.75) is 237 Å². The van der Waals surface area contributed by atoms with E-state index >= 15 is 0 Å². The highest BCUT2D eigenvalue weighted by Gasteiger charge is 2.38. The van der Waals surface area contributed by atoms with Gasteiger partial charge in [-0.1, -0.05) is 181 Å². The average Bonchev–Trinajstić information content (AvgIpc) is 3.12. The fraction of sp³-hybridized carbons (Fsp3) is 0.952. The van der Waals surface area contributed by atoms with Crippen LogP contribution in [0.1, 0.15) is 206 Å². The molecule has 1 rings (SSSR count). The Hall–Kier alpha value is -1.26. The van der Waals surface area contributed by atoms with Crippen LogP contribution in [0.5, 0.6) is 0 Å². The zero-order chi connectivity index (χ0) is 37.2. The molecule has 0 bridgehead atoms. The van der Waals surface area contributed by atoms with Crippen LogP contribution >= 0.6 is 0 Å². The predicted molar refractivity (Wildman–Crippen MR) is 204 cm³/mol. The van der Waals surface area contributed by atoms with Crippen molar-refractivity contribution in [2.75, 3.05) is 19.8 Å². The molecule has 1 fully saturated rings. The number of rotatable bonds is 36. The van der Waals surface area contributed by atoms with Gasteiger partial charge in [-0.05, 0) is 12.8 Å². The smallest absolute Gasteiger partial charge is 0.306 e. The molecule has 0 aromatic rings. The van der Waals surface area contributed by atoms with Gasteiger partial charge in [0.1, 0.15) is 24.9 Å². The van der Waals surface area contributed by atoms with Gasteiger partial charge in [0.15, 0.2) is 12.4 Å². The van der Waals surface area contributed by atoms with Crippen LogP contribution in [-0.2, 0) is 28.5 Å². The van der Waals surface area contributed by atoms with Crippen molar-refractivity contribution in [1.29, 1.82) is 0 Å². The molecule has 0 aromatic carbocycles. The van der Waals surface area contributed by atoms with E-state index < -0.39 is 30.7 Å². The van der Waals surface area contributed by atoms with Crippen molar-refractivity contribution >= 4 is 11.9 Å². The third-order valence-electron chi connectivity index (χ3n) is 10.1. The van der Waals surface area contributed by atoms with Gasteiger partial charge in [0.2, 0.25) is 0 Å². The standard InChI is InChI=1S/C42H80O9/c1-3-5-7-9-11-13-15-17-19-21-23-25-27-29-31-38(44)48-33-36(34-49-42-41(47)40(46)37(43)35-50-42)51-39(45)32-30-28-26-24-22-20-18-16-14-12-10-8-6-4-2/h36-37,40-43,46-47H,3-35H2,1-2H3/t36-,37-,40+,41-,42+/m1/s1. The minimum Gasteiger partial charge on any atom is -0.462 e. The fourth-order valence-electron chi connectivity index (χ4n) is 6.67. The molecule has 0 aliphatic carbocycles. The first-order valence-corrected chi connectivity index (χ1v) is 21.5. The van der Waals surface area contributed by atoms with Gasteiger partial charge in [-0.25, -0.2) is 0 Å². The lowest BCUT2D eigenvalue weighted by atomic mass is 10.0. The molecule has 1 saturated heterocycles. The largest absolute Gasteiger partial charge is 0.462 e. The number of esters is 2. The van der Waals surface area contributed by atoms with Gasteiger partial charge in [-0.3, -0.25) is 9.59 Å². The lowest BCUT2D eigenvalue weighted by molar-refractivity contribution is -0.275. The predicted octanol–water partition coefficient (Wildman–Crippen LogP) is 9.64. The van der Waals surface area contributed by atoms with Crippen molar-refractivity contribution in [1.82, 2.24) is 0 Å². The maximum absolute atomic E-state index is 12.7. The zero-order valence-electron chi connectivity index (χ0n) is 33.0. The van der Waals surface area contributed by atoms with Crippen LogP contribution in [0.4, 0.5) is 0 Å². The van der Waals surface area contributed by atoms with Crippen molar-refractivity contribution in [3.8, 4) is 0 Å². The lowest BCUT2D eigenvalue weighted by Gasteiger charge is -2.35. The Labute approximate surface area is 312 Å². The summed E-state index contributed by atoms with van der Waals surface area (Å²) in [5.41, 5.74) is 0. The normalized spacial score (nSPS) is 19.6. The third kappa shape index (κ3) is 27.9. The number of ether oxygens (including phenoxy) is 4. The second-order valence-electron chi connectivity index (χ2n) is 15.1. The summed E-state index contributed by atoms with van der Waals surface area (Å²) in [7, 11) is 0. The quantitative estimate of drug-likeness (QED) is 0.0426. The van der Waals surface area contributed by atoms with Crippen molar-refractivity contribution in [3.05, 3.63) is 0 Å². The van der Waals surface area contributed by atoms with Crippen LogP contribution in [0, 0.1) is 0 Å². The van der Waals surface area contributed by atoms with Crippen LogP contribution < -0.4 is 0 Å². The molecular formula is C42H80O9. The SMILES string of the molecule is CCCCCCCCCCCCCCCCC(=O)OC[C@H](CO[C@H]1OC[C@@H](O)[C@H](O)[C@H]1O)OC(=O)CCCCCCCCCCCCCCCC. The van der Waals surface area contributed by atoms with Crippen LogP contribution in [0.15, 0.2) is 0 Å². The van der Waals surface area contributed by atoms with Crippen LogP contribution in [0.2, 0.25) is 0 Å². The summed E-state index contributed by atoms with van der Waals surface area (Å²) in [6.07, 6.45) is 29.2. The van der Waals surface area contributed by atoms with E-state index in [0.29, 0.717) is 6.42 Å². The summed E-state index contributed by atoms with van der Waals surface area (Å²) in [4.78, 5) is 25.2. The van der Waals surface area contributed by atoms with Gasteiger partial charge in [0, 0.05) is 12.8 Å². The summed E-state index contributed by atoms with van der Waals surface area (Å²) in [6.45, 7) is 3.98. The van der Waals surface area contributed by atoms with E-state index in [9.17, 15) is 24.9 Å². The maximum Gasteiger partial charge on any atom is 0.306 e. The fourth-order valence-corrected chi connectivity index (χ4v) is 6.67. The second-order valence-corrected chi connectivity index (χ2v) is 15.1. The first-order valence-electron chi connectivity index (χ1n) is 21.5. The number of unbranched alkanes of at least 4 members (excludes halogenated alkanes) is 26. The Morgan fingerprint density at radius 1 is 0.529 bits per heavy atom. The number of hydrogen-bond donors (Lipinski definition) is 3. The lowest BCUT2D eigenvalue weighted by Crippen LogP contribution is -2.54. The summed E-state index contributed by atoms with van der Waals surface area (Å²) in [5.74, 6) is -0.722. The molecule has 0 saturated carbocycles. The van der Waals surface area contributed by atoms with Crippen molar-refractivity contribution in [3.63, 3.8) is 0 Å². The number of aliphatic hydroxyl groups excluding tert-OH is 3. The second kappa shape index (κ2) is 34.5.